The van der Waals surface area contributed by atoms with Crippen molar-refractivity contribution in [2.24, 2.45) is 0 Å². The van der Waals surface area contributed by atoms with E-state index in [4.69, 9.17) is 4.74 Å². The van der Waals surface area contributed by atoms with Crippen LogP contribution in [-0.4, -0.2) is 78.3 Å². The molecule has 2 N–H and O–H groups in total. The zero-order chi connectivity index (χ0) is 35.0. The van der Waals surface area contributed by atoms with Crippen molar-refractivity contribution in [1.82, 2.24) is 20.4 Å². The average molecular weight is 675 g/mol. The van der Waals surface area contributed by atoms with Crippen molar-refractivity contribution >= 4 is 34.4 Å². The number of carbonyl (C=O) groups excluding carboxylic acids is 4. The van der Waals surface area contributed by atoms with Gasteiger partial charge in [0, 0.05) is 43.7 Å². The first-order chi connectivity index (χ1) is 24.3. The highest BCUT2D eigenvalue weighted by Gasteiger charge is 2.39. The van der Waals surface area contributed by atoms with E-state index in [0.717, 1.165) is 40.3 Å². The Labute approximate surface area is 294 Å². The van der Waals surface area contributed by atoms with Gasteiger partial charge in [-0.15, -0.1) is 0 Å². The SMILES string of the molecule is CCCCC(=O)N[C@H]1CCCN(C)C(=O)c2cccc(c2)-c2ccccc2OC[C@@H]2C[C@H](NC(=O)Cc3ccc4ccccc4c3)CN2C1=O. The van der Waals surface area contributed by atoms with Gasteiger partial charge >= 0.3 is 0 Å². The van der Waals surface area contributed by atoms with Crippen LogP contribution in [0.5, 0.6) is 5.75 Å². The monoisotopic (exact) mass is 674 g/mol. The number of fused-ring (bicyclic) bond motifs is 6. The summed E-state index contributed by atoms with van der Waals surface area (Å²) in [6.07, 6.45) is 3.58. The Balaban J connectivity index is 1.26. The molecular formula is C41H46N4O5. The minimum Gasteiger partial charge on any atom is -0.491 e. The Hall–Kier alpha value is -5.18. The third kappa shape index (κ3) is 8.33. The molecule has 2 bridgehead atoms. The summed E-state index contributed by atoms with van der Waals surface area (Å²) < 4.78 is 6.47. The number of carbonyl (C=O) groups is 4. The van der Waals surface area contributed by atoms with E-state index in [1.165, 1.54) is 0 Å². The second-order valence-corrected chi connectivity index (χ2v) is 13.5. The first-order valence-electron chi connectivity index (χ1n) is 17.7. The molecule has 4 aromatic carbocycles. The molecule has 260 valence electrons. The van der Waals surface area contributed by atoms with Crippen LogP contribution in [0.25, 0.3) is 21.9 Å². The number of nitrogens with one attached hydrogen (secondary N) is 2. The van der Waals surface area contributed by atoms with Crippen LogP contribution < -0.4 is 15.4 Å². The molecule has 2 aliphatic heterocycles. The Bertz CT molecular complexity index is 1860. The van der Waals surface area contributed by atoms with Gasteiger partial charge in [-0.05, 0) is 65.8 Å². The summed E-state index contributed by atoms with van der Waals surface area (Å²) in [5.74, 6) is 0.0449. The molecule has 0 aliphatic carbocycles. The normalized spacial score (nSPS) is 19.8. The van der Waals surface area contributed by atoms with E-state index in [1.54, 1.807) is 22.9 Å². The van der Waals surface area contributed by atoms with Crippen LogP contribution in [0, 0.1) is 0 Å². The lowest BCUT2D eigenvalue weighted by Gasteiger charge is -2.30. The number of hydrogen-bond donors (Lipinski definition) is 2. The molecule has 0 unspecified atom stereocenters. The number of hydrogen-bond acceptors (Lipinski definition) is 5. The number of amides is 4. The van der Waals surface area contributed by atoms with Gasteiger partial charge in [0.1, 0.15) is 18.4 Å². The average Bonchev–Trinajstić information content (AvgIpc) is 3.53. The molecule has 2 heterocycles. The number of unbranched alkanes of at least 4 members (excludes halogenated alkanes) is 1. The molecule has 4 aromatic rings. The molecule has 1 saturated heterocycles. The van der Waals surface area contributed by atoms with Crippen LogP contribution in [0.2, 0.25) is 0 Å². The molecule has 0 spiro atoms. The Kier molecular flexibility index (Phi) is 11.1. The summed E-state index contributed by atoms with van der Waals surface area (Å²) >= 11 is 0. The van der Waals surface area contributed by atoms with E-state index in [-0.39, 0.29) is 48.7 Å². The summed E-state index contributed by atoms with van der Waals surface area (Å²) in [4.78, 5) is 57.5. The second-order valence-electron chi connectivity index (χ2n) is 13.5. The Morgan fingerprint density at radius 3 is 2.48 bits per heavy atom. The van der Waals surface area contributed by atoms with Crippen molar-refractivity contribution in [1.29, 1.82) is 0 Å². The van der Waals surface area contributed by atoms with Crippen molar-refractivity contribution in [3.63, 3.8) is 0 Å². The molecule has 1 fully saturated rings. The highest BCUT2D eigenvalue weighted by molar-refractivity contribution is 5.95. The van der Waals surface area contributed by atoms with Crippen LogP contribution in [-0.2, 0) is 20.8 Å². The van der Waals surface area contributed by atoms with E-state index >= 15 is 0 Å². The summed E-state index contributed by atoms with van der Waals surface area (Å²) in [6, 6.07) is 27.9. The minimum atomic E-state index is -0.763. The van der Waals surface area contributed by atoms with E-state index in [2.05, 4.69) is 10.6 Å². The van der Waals surface area contributed by atoms with Gasteiger partial charge in [0.2, 0.25) is 17.7 Å². The smallest absolute Gasteiger partial charge is 0.253 e. The van der Waals surface area contributed by atoms with Crippen molar-refractivity contribution < 1.29 is 23.9 Å². The van der Waals surface area contributed by atoms with Gasteiger partial charge in [-0.25, -0.2) is 0 Å². The maximum atomic E-state index is 14.4. The first kappa shape index (κ1) is 34.7. The van der Waals surface area contributed by atoms with Gasteiger partial charge < -0.3 is 25.2 Å². The quantitative estimate of drug-likeness (QED) is 0.260. The molecule has 0 saturated carbocycles. The molecule has 3 atom stereocenters. The van der Waals surface area contributed by atoms with Crippen molar-refractivity contribution in [3.05, 3.63) is 102 Å². The molecule has 9 nitrogen and oxygen atoms in total. The molecule has 50 heavy (non-hydrogen) atoms. The van der Waals surface area contributed by atoms with Gasteiger partial charge in [-0.2, -0.15) is 0 Å². The summed E-state index contributed by atoms with van der Waals surface area (Å²) in [7, 11) is 1.76. The fourth-order valence-corrected chi connectivity index (χ4v) is 7.01. The zero-order valence-electron chi connectivity index (χ0n) is 28.9. The van der Waals surface area contributed by atoms with Crippen molar-refractivity contribution in [3.8, 4) is 16.9 Å². The highest BCUT2D eigenvalue weighted by atomic mass is 16.5. The Morgan fingerprint density at radius 1 is 0.860 bits per heavy atom. The fourth-order valence-electron chi connectivity index (χ4n) is 7.01. The lowest BCUT2D eigenvalue weighted by Crippen LogP contribution is -2.52. The zero-order valence-corrected chi connectivity index (χ0v) is 28.9. The van der Waals surface area contributed by atoms with E-state index in [0.29, 0.717) is 50.1 Å². The molecule has 9 heteroatoms. The van der Waals surface area contributed by atoms with Crippen LogP contribution >= 0.6 is 0 Å². The van der Waals surface area contributed by atoms with Crippen LogP contribution in [0.3, 0.4) is 0 Å². The van der Waals surface area contributed by atoms with Gasteiger partial charge in [0.15, 0.2) is 0 Å². The van der Waals surface area contributed by atoms with E-state index in [9.17, 15) is 19.2 Å². The number of para-hydroxylation sites is 1. The molecule has 0 aromatic heterocycles. The predicted molar refractivity (Wildman–Crippen MR) is 195 cm³/mol. The third-order valence-electron chi connectivity index (χ3n) is 9.70. The highest BCUT2D eigenvalue weighted by Crippen LogP contribution is 2.32. The van der Waals surface area contributed by atoms with E-state index < -0.39 is 6.04 Å². The van der Waals surface area contributed by atoms with Crippen LogP contribution in [0.15, 0.2) is 91.0 Å². The first-order valence-corrected chi connectivity index (χ1v) is 17.7. The maximum Gasteiger partial charge on any atom is 0.253 e. The largest absolute Gasteiger partial charge is 0.491 e. The molecule has 6 rings (SSSR count). The summed E-state index contributed by atoms with van der Waals surface area (Å²) in [6.45, 7) is 2.96. The lowest BCUT2D eigenvalue weighted by atomic mass is 10.0. The van der Waals surface area contributed by atoms with Gasteiger partial charge in [-0.3, -0.25) is 19.2 Å². The maximum absolute atomic E-state index is 14.4. The van der Waals surface area contributed by atoms with Crippen molar-refractivity contribution in [2.45, 2.75) is 70.0 Å². The lowest BCUT2D eigenvalue weighted by molar-refractivity contribution is -0.138. The number of nitrogens with zero attached hydrogens (tertiary/aromatic N) is 2. The van der Waals surface area contributed by atoms with Crippen LogP contribution in [0.1, 0.15) is 61.4 Å². The van der Waals surface area contributed by atoms with E-state index in [1.807, 2.05) is 91.9 Å². The number of ether oxygens (including phenoxy) is 1. The molecule has 2 aliphatic rings. The van der Waals surface area contributed by atoms with Crippen LogP contribution in [0.4, 0.5) is 0 Å². The minimum absolute atomic E-state index is 0.111. The Morgan fingerprint density at radius 2 is 1.64 bits per heavy atom. The van der Waals surface area contributed by atoms with Gasteiger partial charge in [-0.1, -0.05) is 86.1 Å². The fraction of sp³-hybridized carbons (Fsp3) is 0.366. The molecule has 4 amide bonds. The number of benzene rings is 4. The third-order valence-corrected chi connectivity index (χ3v) is 9.70. The molecule has 0 radical (unpaired) electrons. The topological polar surface area (TPSA) is 108 Å². The summed E-state index contributed by atoms with van der Waals surface area (Å²) in [5.41, 5.74) is 3.19. The van der Waals surface area contributed by atoms with Crippen molar-refractivity contribution in [2.75, 3.05) is 26.7 Å². The standard InChI is InChI=1S/C41H46N4O5/c1-3-4-18-38(46)43-36-16-10-21-44(2)40(48)32-14-9-13-31(24-32)35-15-7-8-17-37(35)50-27-34-25-33(26-45(34)41(36)49)42-39(47)23-28-19-20-29-11-5-6-12-30(29)22-28/h5-9,11-15,17,19-20,22,24,33-34,36H,3-4,10,16,18,21,23,25-27H2,1-2H3,(H,42,47)(H,43,46)/t33-,34-,36-/m0/s1. The van der Waals surface area contributed by atoms with Gasteiger partial charge in [0.25, 0.3) is 5.91 Å². The summed E-state index contributed by atoms with van der Waals surface area (Å²) in [5, 5.41) is 8.39. The second kappa shape index (κ2) is 16.0. The van der Waals surface area contributed by atoms with Gasteiger partial charge in [0.05, 0.1) is 12.5 Å². The predicted octanol–water partition coefficient (Wildman–Crippen LogP) is 5.75. The number of rotatable bonds is 7. The molecular weight excluding hydrogens is 628 g/mol.